The first-order valence-electron chi connectivity index (χ1n) is 11.2. The molecule has 0 radical (unpaired) electrons. The minimum atomic E-state index is -0.540. The minimum Gasteiger partial charge on any atom is -0.457 e. The van der Waals surface area contributed by atoms with Crippen LogP contribution < -0.4 is 9.47 Å². The summed E-state index contributed by atoms with van der Waals surface area (Å²) in [5, 5.41) is 0. The van der Waals surface area contributed by atoms with E-state index in [0.29, 0.717) is 11.5 Å². The van der Waals surface area contributed by atoms with Crippen LogP contribution in [0.4, 0.5) is 11.4 Å². The van der Waals surface area contributed by atoms with Gasteiger partial charge in [-0.1, -0.05) is 13.2 Å². The molecule has 3 rings (SSSR count). The number of aliphatic imine (C=N–C) groups is 2. The Kier molecular flexibility index (Phi) is 9.92. The maximum absolute atomic E-state index is 11.0. The van der Waals surface area contributed by atoms with Gasteiger partial charge in [-0.15, -0.1) is 0 Å². The number of nitrogens with zero attached hydrogens (tertiary/aromatic N) is 2. The van der Waals surface area contributed by atoms with Crippen LogP contribution in [-0.4, -0.2) is 38.0 Å². The van der Waals surface area contributed by atoms with E-state index in [2.05, 4.69) is 23.1 Å². The summed E-state index contributed by atoms with van der Waals surface area (Å²) in [7, 11) is 0. The van der Waals surface area contributed by atoms with Crippen LogP contribution in [-0.2, 0) is 19.1 Å². The highest BCUT2D eigenvalue weighted by molar-refractivity contribution is 5.84. The molecule has 3 aromatic carbocycles. The van der Waals surface area contributed by atoms with Gasteiger partial charge in [-0.25, -0.2) is 9.59 Å². The molecular formula is C29H26N2O6. The van der Waals surface area contributed by atoms with Gasteiger partial charge < -0.3 is 18.9 Å². The van der Waals surface area contributed by atoms with Gasteiger partial charge in [0.05, 0.1) is 11.4 Å². The van der Waals surface area contributed by atoms with E-state index in [0.717, 1.165) is 40.2 Å². The summed E-state index contributed by atoms with van der Waals surface area (Å²) in [6, 6.07) is 20.2. The van der Waals surface area contributed by atoms with E-state index in [1.54, 1.807) is 36.7 Å². The Labute approximate surface area is 215 Å². The highest BCUT2D eigenvalue weighted by Gasteiger charge is 2.01. The van der Waals surface area contributed by atoms with Gasteiger partial charge in [0.2, 0.25) is 13.6 Å². The normalized spacial score (nSPS) is 10.7. The Hall–Kier alpha value is -4.98. The van der Waals surface area contributed by atoms with E-state index in [-0.39, 0.29) is 13.6 Å². The Morgan fingerprint density at radius 3 is 1.68 bits per heavy atom. The number of hydrogen-bond acceptors (Lipinski definition) is 8. The predicted octanol–water partition coefficient (Wildman–Crippen LogP) is 5.63. The zero-order chi connectivity index (χ0) is 26.5. The molecule has 0 aliphatic rings. The van der Waals surface area contributed by atoms with Crippen molar-refractivity contribution in [1.82, 2.24) is 0 Å². The third-order valence-electron chi connectivity index (χ3n) is 4.84. The van der Waals surface area contributed by atoms with Gasteiger partial charge in [0.25, 0.3) is 0 Å². The molecule has 188 valence electrons. The van der Waals surface area contributed by atoms with Gasteiger partial charge in [0.1, 0.15) is 11.5 Å². The van der Waals surface area contributed by atoms with Crippen LogP contribution in [0.3, 0.4) is 0 Å². The van der Waals surface area contributed by atoms with E-state index >= 15 is 0 Å². The number of esters is 2. The van der Waals surface area contributed by atoms with E-state index in [4.69, 9.17) is 18.9 Å². The number of carbonyl (C=O) groups is 2. The van der Waals surface area contributed by atoms with E-state index in [1.807, 2.05) is 49.4 Å². The molecule has 8 heteroatoms. The van der Waals surface area contributed by atoms with Crippen molar-refractivity contribution < 1.29 is 28.5 Å². The van der Waals surface area contributed by atoms with Gasteiger partial charge in [0, 0.05) is 24.6 Å². The predicted molar refractivity (Wildman–Crippen MR) is 142 cm³/mol. The Bertz CT molecular complexity index is 1290. The topological polar surface area (TPSA) is 95.8 Å². The van der Waals surface area contributed by atoms with Gasteiger partial charge in [-0.05, 0) is 90.3 Å². The fraction of sp³-hybridized carbons (Fsp3) is 0.103. The lowest BCUT2D eigenvalue weighted by molar-refractivity contribution is -0.145. The lowest BCUT2D eigenvalue weighted by Crippen LogP contribution is -2.07. The molecule has 0 aromatic heterocycles. The Balaban J connectivity index is 1.53. The molecule has 3 aromatic rings. The molecule has 0 saturated heterocycles. The molecule has 0 fully saturated rings. The summed E-state index contributed by atoms with van der Waals surface area (Å²) in [5.74, 6) is 0.0656. The van der Waals surface area contributed by atoms with E-state index in [9.17, 15) is 9.59 Å². The van der Waals surface area contributed by atoms with Crippen LogP contribution in [0.5, 0.6) is 11.5 Å². The average molecular weight is 499 g/mol. The molecule has 0 unspecified atom stereocenters. The fourth-order valence-electron chi connectivity index (χ4n) is 2.89. The van der Waals surface area contributed by atoms with E-state index in [1.165, 1.54) is 0 Å². The molecule has 0 spiro atoms. The van der Waals surface area contributed by atoms with Crippen LogP contribution >= 0.6 is 0 Å². The van der Waals surface area contributed by atoms with Gasteiger partial charge in [-0.2, -0.15) is 0 Å². The largest absolute Gasteiger partial charge is 0.457 e. The van der Waals surface area contributed by atoms with Crippen molar-refractivity contribution in [3.63, 3.8) is 0 Å². The van der Waals surface area contributed by atoms with Crippen LogP contribution in [0.25, 0.3) is 0 Å². The van der Waals surface area contributed by atoms with Gasteiger partial charge in [0.15, 0.2) is 0 Å². The zero-order valence-corrected chi connectivity index (χ0v) is 20.3. The van der Waals surface area contributed by atoms with Crippen LogP contribution in [0.15, 0.2) is 102 Å². The molecule has 37 heavy (non-hydrogen) atoms. The SMILES string of the molecule is C=CC(=O)OCOc1ccc(C=Nc2ccc(N=Cc3ccc(OCOC(=O)C=C)cc3)c(C)c2)cc1. The molecule has 0 bridgehead atoms. The van der Waals surface area contributed by atoms with Gasteiger partial charge in [-0.3, -0.25) is 9.98 Å². The smallest absolute Gasteiger partial charge is 0.333 e. The van der Waals surface area contributed by atoms with E-state index < -0.39 is 11.9 Å². The second-order valence-corrected chi connectivity index (χ2v) is 7.48. The summed E-state index contributed by atoms with van der Waals surface area (Å²) >= 11 is 0. The summed E-state index contributed by atoms with van der Waals surface area (Å²) < 4.78 is 20.3. The fourth-order valence-corrected chi connectivity index (χ4v) is 2.89. The van der Waals surface area contributed by atoms with Crippen LogP contribution in [0.2, 0.25) is 0 Å². The lowest BCUT2D eigenvalue weighted by Gasteiger charge is -2.06. The number of aryl methyl sites for hydroxylation is 1. The molecule has 8 nitrogen and oxygen atoms in total. The molecule has 0 atom stereocenters. The van der Waals surface area contributed by atoms with Crippen molar-refractivity contribution in [3.05, 3.63) is 109 Å². The second kappa shape index (κ2) is 13.8. The Morgan fingerprint density at radius 2 is 1.22 bits per heavy atom. The highest BCUT2D eigenvalue weighted by Crippen LogP contribution is 2.24. The molecule has 0 aliphatic heterocycles. The third-order valence-corrected chi connectivity index (χ3v) is 4.84. The summed E-state index contributed by atoms with van der Waals surface area (Å²) in [5.41, 5.74) is 4.39. The maximum Gasteiger partial charge on any atom is 0.333 e. The molecule has 0 aliphatic carbocycles. The zero-order valence-electron chi connectivity index (χ0n) is 20.3. The summed E-state index contributed by atoms with van der Waals surface area (Å²) in [4.78, 5) is 31.1. The molecule has 0 N–H and O–H groups in total. The van der Waals surface area contributed by atoms with Crippen LogP contribution in [0, 0.1) is 6.92 Å². The minimum absolute atomic E-state index is 0.179. The number of ether oxygens (including phenoxy) is 4. The first kappa shape index (κ1) is 26.6. The number of benzene rings is 3. The van der Waals surface area contributed by atoms with Crippen molar-refractivity contribution in [2.75, 3.05) is 13.6 Å². The van der Waals surface area contributed by atoms with Crippen molar-refractivity contribution in [3.8, 4) is 11.5 Å². The maximum atomic E-state index is 11.0. The van der Waals surface area contributed by atoms with Crippen LogP contribution in [0.1, 0.15) is 16.7 Å². The molecular weight excluding hydrogens is 472 g/mol. The first-order valence-corrected chi connectivity index (χ1v) is 11.2. The number of hydrogen-bond donors (Lipinski definition) is 0. The number of carbonyl (C=O) groups excluding carboxylic acids is 2. The molecule has 0 heterocycles. The average Bonchev–Trinajstić information content (AvgIpc) is 2.92. The standard InChI is InChI=1S/C29H26N2O6/c1-4-28(32)36-19-34-25-11-6-22(7-12-25)17-30-24-10-15-27(21(3)16-24)31-18-23-8-13-26(14-9-23)35-20-37-29(33)5-2/h4-18H,1-2,19-20H2,3H3. The lowest BCUT2D eigenvalue weighted by atomic mass is 10.1. The highest BCUT2D eigenvalue weighted by atomic mass is 16.7. The van der Waals surface area contributed by atoms with Gasteiger partial charge >= 0.3 is 11.9 Å². The first-order chi connectivity index (χ1) is 18.0. The number of rotatable bonds is 12. The quantitative estimate of drug-likeness (QED) is 0.139. The Morgan fingerprint density at radius 1 is 0.730 bits per heavy atom. The van der Waals surface area contributed by atoms with Crippen molar-refractivity contribution >= 4 is 35.7 Å². The summed E-state index contributed by atoms with van der Waals surface area (Å²) in [6.45, 7) is 8.26. The molecule has 0 amide bonds. The summed E-state index contributed by atoms with van der Waals surface area (Å²) in [6.07, 6.45) is 5.67. The molecule has 0 saturated carbocycles. The van der Waals surface area contributed by atoms with Crippen molar-refractivity contribution in [1.29, 1.82) is 0 Å². The van der Waals surface area contributed by atoms with Crippen molar-refractivity contribution in [2.45, 2.75) is 6.92 Å². The third kappa shape index (κ3) is 8.95. The monoisotopic (exact) mass is 498 g/mol. The second-order valence-electron chi connectivity index (χ2n) is 7.48. The van der Waals surface area contributed by atoms with Crippen molar-refractivity contribution in [2.24, 2.45) is 9.98 Å².